The third kappa shape index (κ3) is 3.36. The second kappa shape index (κ2) is 8.31. The Labute approximate surface area is 215 Å². The fourth-order valence-electron chi connectivity index (χ4n) is 5.52. The Balaban J connectivity index is 1.39. The molecule has 7 rings (SSSR count). The minimum Gasteiger partial charge on any atom is -0.309 e. The molecular weight excluding hydrogens is 452 g/mol. The van der Waals surface area contributed by atoms with Crippen LogP contribution < -0.4 is 0 Å². The van der Waals surface area contributed by atoms with Gasteiger partial charge in [-0.3, -0.25) is 4.40 Å². The highest BCUT2D eigenvalue weighted by atomic mass is 15.2. The van der Waals surface area contributed by atoms with Gasteiger partial charge >= 0.3 is 0 Å². The van der Waals surface area contributed by atoms with E-state index in [1.165, 1.54) is 38.3 Å². The topological polar surface area (TPSA) is 35.1 Å². The van der Waals surface area contributed by atoms with E-state index in [1.807, 2.05) is 6.07 Å². The summed E-state index contributed by atoms with van der Waals surface area (Å²) in [6.07, 6.45) is 3.09. The molecular formula is C33H28N4. The number of hydrogen-bond donors (Lipinski definition) is 0. The molecule has 0 radical (unpaired) electrons. The molecule has 3 aromatic heterocycles. The van der Waals surface area contributed by atoms with Crippen molar-refractivity contribution < 1.29 is 0 Å². The minimum atomic E-state index is 0.492. The predicted molar refractivity (Wildman–Crippen MR) is 154 cm³/mol. The van der Waals surface area contributed by atoms with E-state index < -0.39 is 0 Å². The number of pyridine rings is 1. The Morgan fingerprint density at radius 1 is 0.730 bits per heavy atom. The smallest absolute Gasteiger partial charge is 0.168 e. The van der Waals surface area contributed by atoms with E-state index in [0.29, 0.717) is 5.92 Å². The van der Waals surface area contributed by atoms with Gasteiger partial charge in [0.25, 0.3) is 0 Å². The summed E-state index contributed by atoms with van der Waals surface area (Å²) in [5.74, 6) is 1.34. The third-order valence-electron chi connectivity index (χ3n) is 7.61. The molecule has 3 heterocycles. The van der Waals surface area contributed by atoms with Crippen LogP contribution in [0, 0.1) is 0 Å². The minimum absolute atomic E-state index is 0.492. The molecule has 180 valence electrons. The summed E-state index contributed by atoms with van der Waals surface area (Å²) >= 11 is 0. The van der Waals surface area contributed by atoms with Crippen LogP contribution in [0.5, 0.6) is 0 Å². The summed E-state index contributed by atoms with van der Waals surface area (Å²) in [6, 6.07) is 32.9. The van der Waals surface area contributed by atoms with E-state index >= 15 is 0 Å². The molecule has 0 saturated carbocycles. The summed E-state index contributed by atoms with van der Waals surface area (Å²) in [5, 5.41) is 14.0. The summed E-state index contributed by atoms with van der Waals surface area (Å²) in [6.45, 7) is 6.73. The number of nitrogens with zero attached hydrogens (tertiary/aromatic N) is 4. The zero-order chi connectivity index (χ0) is 25.1. The van der Waals surface area contributed by atoms with E-state index in [0.717, 1.165) is 34.5 Å². The molecule has 0 atom stereocenters. The van der Waals surface area contributed by atoms with Gasteiger partial charge in [0, 0.05) is 33.6 Å². The first-order chi connectivity index (χ1) is 18.1. The van der Waals surface area contributed by atoms with Gasteiger partial charge < -0.3 is 4.57 Å². The number of benzene rings is 4. The molecule has 0 amide bonds. The number of rotatable bonds is 4. The van der Waals surface area contributed by atoms with Crippen LogP contribution in [0.4, 0.5) is 0 Å². The van der Waals surface area contributed by atoms with Crippen molar-refractivity contribution >= 4 is 38.2 Å². The van der Waals surface area contributed by atoms with E-state index in [2.05, 4.69) is 131 Å². The summed E-state index contributed by atoms with van der Waals surface area (Å²) < 4.78 is 4.46. The van der Waals surface area contributed by atoms with Crippen molar-refractivity contribution in [2.45, 2.75) is 33.1 Å². The molecule has 4 aromatic carbocycles. The van der Waals surface area contributed by atoms with Crippen molar-refractivity contribution in [2.24, 2.45) is 0 Å². The van der Waals surface area contributed by atoms with Gasteiger partial charge in [-0.2, -0.15) is 0 Å². The van der Waals surface area contributed by atoms with Crippen molar-refractivity contribution in [3.63, 3.8) is 0 Å². The van der Waals surface area contributed by atoms with Gasteiger partial charge in [0.2, 0.25) is 0 Å². The maximum atomic E-state index is 4.56. The van der Waals surface area contributed by atoms with Crippen LogP contribution in [0.2, 0.25) is 0 Å². The monoisotopic (exact) mass is 480 g/mol. The molecule has 0 aliphatic rings. The Morgan fingerprint density at radius 3 is 2.27 bits per heavy atom. The van der Waals surface area contributed by atoms with Crippen LogP contribution in [0.3, 0.4) is 0 Å². The summed E-state index contributed by atoms with van der Waals surface area (Å²) in [7, 11) is 0. The zero-order valence-electron chi connectivity index (χ0n) is 21.3. The summed E-state index contributed by atoms with van der Waals surface area (Å²) in [4.78, 5) is 0. The second-order valence-corrected chi connectivity index (χ2v) is 10.1. The highest BCUT2D eigenvalue weighted by Crippen LogP contribution is 2.35. The first-order valence-corrected chi connectivity index (χ1v) is 13.0. The molecule has 4 heteroatoms. The molecule has 0 fully saturated rings. The van der Waals surface area contributed by atoms with Crippen LogP contribution in [0.25, 0.3) is 55.3 Å². The first-order valence-electron chi connectivity index (χ1n) is 13.0. The highest BCUT2D eigenvalue weighted by Gasteiger charge is 2.15. The lowest BCUT2D eigenvalue weighted by Gasteiger charge is -2.10. The number of fused-ring (bicyclic) bond motifs is 6. The average Bonchev–Trinajstić information content (AvgIpc) is 3.52. The lowest BCUT2D eigenvalue weighted by molar-refractivity contribution is 0.868. The van der Waals surface area contributed by atoms with Crippen molar-refractivity contribution in [1.82, 2.24) is 19.2 Å². The molecule has 7 aromatic rings. The normalized spacial score (nSPS) is 12.0. The Hall–Kier alpha value is -4.44. The maximum absolute atomic E-state index is 4.56. The van der Waals surface area contributed by atoms with Crippen LogP contribution in [-0.4, -0.2) is 19.2 Å². The largest absolute Gasteiger partial charge is 0.309 e. The highest BCUT2D eigenvalue weighted by molar-refractivity contribution is 6.09. The first kappa shape index (κ1) is 21.8. The SMILES string of the molecule is CCc1ccc2c(c1)c1cc(C(C)C)ccc1n2-c1ccc(-c2nnc3c4ccccc4ccn23)cc1. The Bertz CT molecular complexity index is 1940. The molecule has 0 bridgehead atoms. The summed E-state index contributed by atoms with van der Waals surface area (Å²) in [5.41, 5.74) is 8.28. The fourth-order valence-corrected chi connectivity index (χ4v) is 5.52. The van der Waals surface area contributed by atoms with E-state index in [9.17, 15) is 0 Å². The lowest BCUT2D eigenvalue weighted by Crippen LogP contribution is -1.95. The zero-order valence-corrected chi connectivity index (χ0v) is 21.3. The van der Waals surface area contributed by atoms with Crippen LogP contribution in [0.15, 0.2) is 97.2 Å². The molecule has 37 heavy (non-hydrogen) atoms. The number of hydrogen-bond acceptors (Lipinski definition) is 2. The van der Waals surface area contributed by atoms with Gasteiger partial charge in [0.15, 0.2) is 11.5 Å². The fraction of sp³-hybridized carbons (Fsp3) is 0.152. The Kier molecular flexibility index (Phi) is 4.90. The molecule has 0 spiro atoms. The van der Waals surface area contributed by atoms with Gasteiger partial charge in [-0.05, 0) is 83.4 Å². The molecule has 4 nitrogen and oxygen atoms in total. The predicted octanol–water partition coefficient (Wildman–Crippen LogP) is 8.33. The Morgan fingerprint density at radius 2 is 1.49 bits per heavy atom. The van der Waals surface area contributed by atoms with E-state index in [4.69, 9.17) is 0 Å². The molecule has 0 saturated heterocycles. The van der Waals surface area contributed by atoms with E-state index in [-0.39, 0.29) is 0 Å². The van der Waals surface area contributed by atoms with Crippen LogP contribution in [0.1, 0.15) is 37.8 Å². The van der Waals surface area contributed by atoms with Crippen LogP contribution >= 0.6 is 0 Å². The third-order valence-corrected chi connectivity index (χ3v) is 7.61. The standard InChI is InChI=1S/C33H28N4/c1-4-22-9-15-30-28(19-22)29-20-25(21(2)3)12-16-31(29)37(30)26-13-10-24(11-14-26)32-34-35-33-27-8-6-5-7-23(27)17-18-36(32)33/h5-21H,4H2,1-3H3. The van der Waals surface area contributed by atoms with Gasteiger partial charge in [-0.1, -0.05) is 57.2 Å². The molecule has 0 aliphatic carbocycles. The molecule has 0 unspecified atom stereocenters. The average molecular weight is 481 g/mol. The lowest BCUT2D eigenvalue weighted by atomic mass is 10.00. The van der Waals surface area contributed by atoms with Crippen molar-refractivity contribution in [3.8, 4) is 17.1 Å². The number of aromatic nitrogens is 4. The van der Waals surface area contributed by atoms with Gasteiger partial charge in [-0.25, -0.2) is 0 Å². The maximum Gasteiger partial charge on any atom is 0.168 e. The second-order valence-electron chi connectivity index (χ2n) is 10.1. The van der Waals surface area contributed by atoms with Crippen molar-refractivity contribution in [2.75, 3.05) is 0 Å². The van der Waals surface area contributed by atoms with Crippen LogP contribution in [-0.2, 0) is 6.42 Å². The number of aryl methyl sites for hydroxylation is 1. The van der Waals surface area contributed by atoms with Gasteiger partial charge in [0.1, 0.15) is 0 Å². The van der Waals surface area contributed by atoms with Gasteiger partial charge in [-0.15, -0.1) is 10.2 Å². The quantitative estimate of drug-likeness (QED) is 0.254. The van der Waals surface area contributed by atoms with E-state index in [1.54, 1.807) is 0 Å². The van der Waals surface area contributed by atoms with Crippen molar-refractivity contribution in [1.29, 1.82) is 0 Å². The van der Waals surface area contributed by atoms with Gasteiger partial charge in [0.05, 0.1) is 11.0 Å². The molecule has 0 N–H and O–H groups in total. The van der Waals surface area contributed by atoms with Crippen molar-refractivity contribution in [3.05, 3.63) is 108 Å². The molecule has 0 aliphatic heterocycles.